The van der Waals surface area contributed by atoms with Crippen molar-refractivity contribution in [1.29, 1.82) is 0 Å². The van der Waals surface area contributed by atoms with E-state index in [1.165, 1.54) is 0 Å². The summed E-state index contributed by atoms with van der Waals surface area (Å²) in [5.41, 5.74) is 1.57. The molecule has 1 unspecified atom stereocenters. The van der Waals surface area contributed by atoms with Gasteiger partial charge in [0.15, 0.2) is 0 Å². The minimum Gasteiger partial charge on any atom is -0.444 e. The number of aryl methyl sites for hydroxylation is 1. The van der Waals surface area contributed by atoms with Crippen molar-refractivity contribution < 1.29 is 9.53 Å². The Hall–Kier alpha value is -2.37. The molecule has 1 atom stereocenters. The van der Waals surface area contributed by atoms with Crippen molar-refractivity contribution in [3.8, 4) is 0 Å². The molecule has 1 amide bonds. The SMILES string of the molecule is Cc1ccc2ncnc(N(C)C(C)CNC(=O)OC(C)(C)C)c2c1. The minimum atomic E-state index is -0.500. The van der Waals surface area contributed by atoms with Crippen LogP contribution in [0.5, 0.6) is 0 Å². The molecule has 6 heteroatoms. The number of nitrogens with one attached hydrogen (secondary N) is 1. The lowest BCUT2D eigenvalue weighted by Gasteiger charge is -2.27. The maximum atomic E-state index is 11.8. The molecule has 2 aromatic rings. The summed E-state index contributed by atoms with van der Waals surface area (Å²) in [6.07, 6.45) is 1.16. The van der Waals surface area contributed by atoms with E-state index in [0.29, 0.717) is 6.54 Å². The van der Waals surface area contributed by atoms with Crippen LogP contribution in [-0.2, 0) is 4.74 Å². The number of hydrogen-bond donors (Lipinski definition) is 1. The van der Waals surface area contributed by atoms with E-state index in [1.807, 2.05) is 58.7 Å². The number of benzene rings is 1. The average Bonchev–Trinajstić information content (AvgIpc) is 2.49. The van der Waals surface area contributed by atoms with Gasteiger partial charge in [0.05, 0.1) is 5.52 Å². The number of carbonyl (C=O) groups is 1. The van der Waals surface area contributed by atoms with E-state index in [9.17, 15) is 4.79 Å². The van der Waals surface area contributed by atoms with Crippen LogP contribution in [0.15, 0.2) is 24.5 Å². The molecular formula is C18H26N4O2. The summed E-state index contributed by atoms with van der Waals surface area (Å²) in [7, 11) is 1.96. The molecule has 1 heterocycles. The van der Waals surface area contributed by atoms with E-state index in [-0.39, 0.29) is 6.04 Å². The Bertz CT molecular complexity index is 725. The summed E-state index contributed by atoms with van der Waals surface area (Å²) < 4.78 is 5.27. The van der Waals surface area contributed by atoms with E-state index < -0.39 is 11.7 Å². The molecule has 1 aromatic carbocycles. The number of alkyl carbamates (subject to hydrolysis) is 1. The Balaban J connectivity index is 2.10. The Morgan fingerprint density at radius 3 is 2.71 bits per heavy atom. The zero-order valence-electron chi connectivity index (χ0n) is 15.3. The first-order chi connectivity index (χ1) is 11.2. The van der Waals surface area contributed by atoms with Crippen LogP contribution in [0.25, 0.3) is 10.9 Å². The number of fused-ring (bicyclic) bond motifs is 1. The summed E-state index contributed by atoms with van der Waals surface area (Å²) in [6.45, 7) is 10.1. The van der Waals surface area contributed by atoms with Gasteiger partial charge in [-0.3, -0.25) is 0 Å². The number of carbonyl (C=O) groups excluding carboxylic acids is 1. The molecular weight excluding hydrogens is 304 g/mol. The van der Waals surface area contributed by atoms with Gasteiger partial charge in [-0.2, -0.15) is 0 Å². The van der Waals surface area contributed by atoms with Crippen LogP contribution < -0.4 is 10.2 Å². The first kappa shape index (κ1) is 18.0. The predicted octanol–water partition coefficient (Wildman–Crippen LogP) is 3.29. The van der Waals surface area contributed by atoms with Gasteiger partial charge in [-0.25, -0.2) is 14.8 Å². The molecule has 0 spiro atoms. The summed E-state index contributed by atoms with van der Waals surface area (Å²) in [6, 6.07) is 6.16. The molecule has 0 radical (unpaired) electrons. The van der Waals surface area contributed by atoms with Crippen LogP contribution in [0.2, 0.25) is 0 Å². The van der Waals surface area contributed by atoms with E-state index >= 15 is 0 Å². The second-order valence-electron chi connectivity index (χ2n) is 7.06. The standard InChI is InChI=1S/C18H26N4O2/c1-12-7-8-15-14(9-12)16(21-11-20-15)22(6)13(2)10-19-17(23)24-18(3,4)5/h7-9,11,13H,10H2,1-6H3,(H,19,23). The summed E-state index contributed by atoms with van der Waals surface area (Å²) in [5.74, 6) is 0.849. The van der Waals surface area contributed by atoms with Crippen LogP contribution in [-0.4, -0.2) is 41.3 Å². The summed E-state index contributed by atoms with van der Waals surface area (Å²) >= 11 is 0. The minimum absolute atomic E-state index is 0.0520. The highest BCUT2D eigenvalue weighted by molar-refractivity contribution is 5.89. The molecule has 0 fully saturated rings. The number of nitrogens with zero attached hydrogens (tertiary/aromatic N) is 3. The Morgan fingerprint density at radius 2 is 2.04 bits per heavy atom. The molecule has 0 aliphatic heterocycles. The zero-order chi connectivity index (χ0) is 17.9. The van der Waals surface area contributed by atoms with Gasteiger partial charge in [0.2, 0.25) is 0 Å². The highest BCUT2D eigenvalue weighted by atomic mass is 16.6. The fraction of sp³-hybridized carbons (Fsp3) is 0.500. The first-order valence-corrected chi connectivity index (χ1v) is 8.08. The number of amides is 1. The number of aromatic nitrogens is 2. The molecule has 6 nitrogen and oxygen atoms in total. The molecule has 24 heavy (non-hydrogen) atoms. The fourth-order valence-electron chi connectivity index (χ4n) is 2.33. The van der Waals surface area contributed by atoms with E-state index in [0.717, 1.165) is 22.3 Å². The van der Waals surface area contributed by atoms with Gasteiger partial charge < -0.3 is 15.0 Å². The van der Waals surface area contributed by atoms with Crippen molar-refractivity contribution in [3.05, 3.63) is 30.1 Å². The van der Waals surface area contributed by atoms with Crippen LogP contribution in [0.3, 0.4) is 0 Å². The van der Waals surface area contributed by atoms with Crippen LogP contribution >= 0.6 is 0 Å². The topological polar surface area (TPSA) is 67.4 Å². The largest absolute Gasteiger partial charge is 0.444 e. The van der Waals surface area contributed by atoms with Crippen molar-refractivity contribution in [2.75, 3.05) is 18.5 Å². The number of anilines is 1. The van der Waals surface area contributed by atoms with Crippen molar-refractivity contribution in [1.82, 2.24) is 15.3 Å². The van der Waals surface area contributed by atoms with Gasteiger partial charge in [0, 0.05) is 25.0 Å². The van der Waals surface area contributed by atoms with E-state index in [1.54, 1.807) is 6.33 Å². The summed E-state index contributed by atoms with van der Waals surface area (Å²) in [4.78, 5) is 22.6. The molecule has 0 aliphatic rings. The monoisotopic (exact) mass is 330 g/mol. The molecule has 1 aromatic heterocycles. The number of ether oxygens (including phenoxy) is 1. The Labute approximate surface area is 143 Å². The lowest BCUT2D eigenvalue weighted by molar-refractivity contribution is 0.0525. The maximum absolute atomic E-state index is 11.8. The van der Waals surface area contributed by atoms with Gasteiger partial charge in [-0.05, 0) is 46.8 Å². The second kappa shape index (κ2) is 7.03. The molecule has 1 N–H and O–H groups in total. The van der Waals surface area contributed by atoms with Crippen molar-refractivity contribution in [2.24, 2.45) is 0 Å². The van der Waals surface area contributed by atoms with Crippen LogP contribution in [0.4, 0.5) is 10.6 Å². The number of likely N-dealkylation sites (N-methyl/N-ethyl adjacent to an activating group) is 1. The number of rotatable bonds is 4. The van der Waals surface area contributed by atoms with Crippen molar-refractivity contribution in [3.63, 3.8) is 0 Å². The molecule has 0 saturated carbocycles. The Kier molecular flexibility index (Phi) is 5.26. The van der Waals surface area contributed by atoms with Gasteiger partial charge in [-0.1, -0.05) is 11.6 Å². The van der Waals surface area contributed by atoms with Gasteiger partial charge in [0.1, 0.15) is 17.7 Å². The smallest absolute Gasteiger partial charge is 0.407 e. The predicted molar refractivity (Wildman–Crippen MR) is 96.4 cm³/mol. The summed E-state index contributed by atoms with van der Waals surface area (Å²) in [5, 5.41) is 3.81. The zero-order valence-corrected chi connectivity index (χ0v) is 15.3. The van der Waals surface area contributed by atoms with Crippen LogP contribution in [0.1, 0.15) is 33.3 Å². The normalized spacial score (nSPS) is 12.8. The van der Waals surface area contributed by atoms with Crippen LogP contribution in [0, 0.1) is 6.92 Å². The molecule has 130 valence electrons. The first-order valence-electron chi connectivity index (χ1n) is 8.08. The lowest BCUT2D eigenvalue weighted by Crippen LogP contribution is -2.42. The van der Waals surface area contributed by atoms with Gasteiger partial charge in [0.25, 0.3) is 0 Å². The third-order valence-corrected chi connectivity index (χ3v) is 3.71. The van der Waals surface area contributed by atoms with Gasteiger partial charge >= 0.3 is 6.09 Å². The highest BCUT2D eigenvalue weighted by Gasteiger charge is 2.19. The molecule has 0 saturated heterocycles. The third kappa shape index (κ3) is 4.57. The lowest BCUT2D eigenvalue weighted by atomic mass is 10.1. The van der Waals surface area contributed by atoms with E-state index in [4.69, 9.17) is 4.74 Å². The van der Waals surface area contributed by atoms with Crippen molar-refractivity contribution in [2.45, 2.75) is 46.3 Å². The average molecular weight is 330 g/mol. The van der Waals surface area contributed by atoms with Gasteiger partial charge in [-0.15, -0.1) is 0 Å². The molecule has 0 aliphatic carbocycles. The maximum Gasteiger partial charge on any atom is 0.407 e. The second-order valence-corrected chi connectivity index (χ2v) is 7.06. The Morgan fingerprint density at radius 1 is 1.33 bits per heavy atom. The number of hydrogen-bond acceptors (Lipinski definition) is 5. The van der Waals surface area contributed by atoms with Crippen molar-refractivity contribution >= 4 is 22.8 Å². The molecule has 2 rings (SSSR count). The highest BCUT2D eigenvalue weighted by Crippen LogP contribution is 2.24. The molecule has 0 bridgehead atoms. The third-order valence-electron chi connectivity index (χ3n) is 3.71. The van der Waals surface area contributed by atoms with E-state index in [2.05, 4.69) is 21.4 Å². The quantitative estimate of drug-likeness (QED) is 0.932. The fourth-order valence-corrected chi connectivity index (χ4v) is 2.33.